The molecular formula is C11H21BO. The normalized spacial score (nSPS) is 42.2. The van der Waals surface area contributed by atoms with Crippen LogP contribution >= 0.6 is 0 Å². The van der Waals surface area contributed by atoms with Crippen molar-refractivity contribution in [3.8, 4) is 0 Å². The molecule has 1 aliphatic rings. The average molecular weight is 180 g/mol. The van der Waals surface area contributed by atoms with E-state index in [-0.39, 0.29) is 11.6 Å². The highest BCUT2D eigenvalue weighted by Gasteiger charge is 2.43. The van der Waals surface area contributed by atoms with Crippen molar-refractivity contribution >= 4 is 7.85 Å². The fourth-order valence-electron chi connectivity index (χ4n) is 2.36. The maximum atomic E-state index is 5.94. The number of ether oxygens (including phenoxy) is 1. The van der Waals surface area contributed by atoms with Crippen molar-refractivity contribution in [1.29, 1.82) is 0 Å². The van der Waals surface area contributed by atoms with Gasteiger partial charge in [-0.3, -0.25) is 0 Å². The Morgan fingerprint density at radius 2 is 2.15 bits per heavy atom. The molecule has 1 saturated heterocycles. The van der Waals surface area contributed by atoms with E-state index in [2.05, 4.69) is 27.7 Å². The summed E-state index contributed by atoms with van der Waals surface area (Å²) in [5.74, 6) is 1.13. The Morgan fingerprint density at radius 3 is 2.46 bits per heavy atom. The monoisotopic (exact) mass is 180 g/mol. The van der Waals surface area contributed by atoms with Gasteiger partial charge in [0.2, 0.25) is 0 Å². The lowest BCUT2D eigenvalue weighted by atomic mass is 9.78. The van der Waals surface area contributed by atoms with E-state index in [1.54, 1.807) is 0 Å². The molecule has 2 radical (unpaired) electrons. The second-order valence-corrected chi connectivity index (χ2v) is 4.49. The summed E-state index contributed by atoms with van der Waals surface area (Å²) in [5.41, 5.74) is 0.0631. The summed E-state index contributed by atoms with van der Waals surface area (Å²) in [6.45, 7) is 8.88. The molecule has 0 aromatic carbocycles. The summed E-state index contributed by atoms with van der Waals surface area (Å²) in [6, 6.07) is -0.0473. The van der Waals surface area contributed by atoms with Crippen LogP contribution in [0, 0.1) is 11.8 Å². The van der Waals surface area contributed by atoms with Crippen LogP contribution in [-0.2, 0) is 4.74 Å². The molecular weight excluding hydrogens is 159 g/mol. The second-order valence-electron chi connectivity index (χ2n) is 4.49. The van der Waals surface area contributed by atoms with Gasteiger partial charge in [-0.15, -0.1) is 0 Å². The average Bonchev–Trinajstić information content (AvgIpc) is 2.42. The van der Waals surface area contributed by atoms with Gasteiger partial charge in [0.25, 0.3) is 0 Å². The maximum Gasteiger partial charge on any atom is 0.109 e. The van der Waals surface area contributed by atoms with Crippen LogP contribution in [0.1, 0.15) is 47.0 Å². The van der Waals surface area contributed by atoms with Gasteiger partial charge in [-0.1, -0.05) is 34.1 Å². The fourth-order valence-corrected chi connectivity index (χ4v) is 2.36. The molecule has 1 heterocycles. The van der Waals surface area contributed by atoms with Gasteiger partial charge < -0.3 is 4.74 Å². The van der Waals surface area contributed by atoms with Crippen molar-refractivity contribution in [2.24, 2.45) is 11.8 Å². The Balaban J connectivity index is 2.72. The van der Waals surface area contributed by atoms with Crippen LogP contribution < -0.4 is 0 Å². The third-order valence-electron chi connectivity index (χ3n) is 3.71. The molecule has 1 aliphatic heterocycles. The van der Waals surface area contributed by atoms with Gasteiger partial charge in [0.05, 0.1) is 5.60 Å². The van der Waals surface area contributed by atoms with Crippen LogP contribution in [0.15, 0.2) is 0 Å². The second kappa shape index (κ2) is 4.04. The molecule has 0 amide bonds. The van der Waals surface area contributed by atoms with E-state index < -0.39 is 0 Å². The largest absolute Gasteiger partial charge is 0.381 e. The summed E-state index contributed by atoms with van der Waals surface area (Å²) in [5, 5.41) is 0. The van der Waals surface area contributed by atoms with E-state index in [4.69, 9.17) is 12.6 Å². The molecule has 74 valence electrons. The molecule has 1 nitrogen and oxygen atoms in total. The summed E-state index contributed by atoms with van der Waals surface area (Å²) >= 11 is 0. The molecule has 0 aromatic heterocycles. The van der Waals surface area contributed by atoms with Crippen LogP contribution in [-0.4, -0.2) is 19.5 Å². The number of rotatable bonds is 3. The zero-order valence-electron chi connectivity index (χ0n) is 9.34. The van der Waals surface area contributed by atoms with Crippen molar-refractivity contribution in [3.63, 3.8) is 0 Å². The number of hydrogen-bond donors (Lipinski definition) is 0. The minimum Gasteiger partial charge on any atom is -0.381 e. The molecule has 13 heavy (non-hydrogen) atoms. The van der Waals surface area contributed by atoms with Crippen molar-refractivity contribution in [2.75, 3.05) is 0 Å². The minimum absolute atomic E-state index is 0.0473. The van der Waals surface area contributed by atoms with Crippen molar-refractivity contribution in [2.45, 2.75) is 58.6 Å². The summed E-state index contributed by atoms with van der Waals surface area (Å²) in [6.07, 6.45) is 3.38. The Hall–Kier alpha value is 0.0249. The van der Waals surface area contributed by atoms with Crippen LogP contribution in [0.3, 0.4) is 0 Å². The highest BCUT2D eigenvalue weighted by molar-refractivity contribution is 6.11. The highest BCUT2D eigenvalue weighted by Crippen LogP contribution is 2.42. The van der Waals surface area contributed by atoms with Gasteiger partial charge in [0.15, 0.2) is 0 Å². The molecule has 1 rings (SSSR count). The summed E-state index contributed by atoms with van der Waals surface area (Å²) < 4.78 is 5.94. The van der Waals surface area contributed by atoms with Crippen LogP contribution in [0.2, 0.25) is 0 Å². The third kappa shape index (κ3) is 1.93. The third-order valence-corrected chi connectivity index (χ3v) is 3.71. The first kappa shape index (κ1) is 11.1. The Morgan fingerprint density at radius 1 is 1.54 bits per heavy atom. The molecule has 4 unspecified atom stereocenters. The lowest BCUT2D eigenvalue weighted by Gasteiger charge is -2.34. The first-order valence-electron chi connectivity index (χ1n) is 5.49. The molecule has 2 heteroatoms. The lowest BCUT2D eigenvalue weighted by Crippen LogP contribution is -2.35. The van der Waals surface area contributed by atoms with Crippen LogP contribution in [0.4, 0.5) is 0 Å². The van der Waals surface area contributed by atoms with Gasteiger partial charge in [-0.25, -0.2) is 0 Å². The zero-order chi connectivity index (χ0) is 10.1. The predicted molar refractivity (Wildman–Crippen MR) is 56.9 cm³/mol. The summed E-state index contributed by atoms with van der Waals surface area (Å²) in [7, 11) is 5.90. The van der Waals surface area contributed by atoms with Crippen molar-refractivity contribution < 1.29 is 4.74 Å². The molecule has 0 spiro atoms. The van der Waals surface area contributed by atoms with Crippen LogP contribution in [0.5, 0.6) is 0 Å². The Bertz CT molecular complexity index is 159. The van der Waals surface area contributed by atoms with Gasteiger partial charge in [0.1, 0.15) is 7.85 Å². The van der Waals surface area contributed by atoms with E-state index in [1.807, 2.05) is 0 Å². The molecule has 0 aromatic rings. The SMILES string of the molecule is [B]C1OC(CC)(C(C)CC)CC1C. The first-order valence-corrected chi connectivity index (χ1v) is 5.49. The van der Waals surface area contributed by atoms with Gasteiger partial charge in [0, 0.05) is 6.00 Å². The van der Waals surface area contributed by atoms with E-state index >= 15 is 0 Å². The highest BCUT2D eigenvalue weighted by atomic mass is 16.5. The fraction of sp³-hybridized carbons (Fsp3) is 1.00. The van der Waals surface area contributed by atoms with Crippen molar-refractivity contribution in [3.05, 3.63) is 0 Å². The van der Waals surface area contributed by atoms with Gasteiger partial charge in [-0.2, -0.15) is 0 Å². The quantitative estimate of drug-likeness (QED) is 0.606. The molecule has 4 atom stereocenters. The molecule has 1 fully saturated rings. The van der Waals surface area contributed by atoms with E-state index in [0.29, 0.717) is 11.8 Å². The maximum absolute atomic E-state index is 5.94. The van der Waals surface area contributed by atoms with Crippen molar-refractivity contribution in [1.82, 2.24) is 0 Å². The Labute approximate surface area is 83.6 Å². The zero-order valence-corrected chi connectivity index (χ0v) is 9.34. The Kier molecular flexibility index (Phi) is 3.45. The first-order chi connectivity index (χ1) is 6.05. The lowest BCUT2D eigenvalue weighted by molar-refractivity contribution is -0.0562. The summed E-state index contributed by atoms with van der Waals surface area (Å²) in [4.78, 5) is 0. The molecule has 0 saturated carbocycles. The predicted octanol–water partition coefficient (Wildman–Crippen LogP) is 2.73. The molecule has 0 N–H and O–H groups in total. The van der Waals surface area contributed by atoms with Gasteiger partial charge in [-0.05, 0) is 24.7 Å². The smallest absolute Gasteiger partial charge is 0.109 e. The van der Waals surface area contributed by atoms with E-state index in [9.17, 15) is 0 Å². The minimum atomic E-state index is -0.0473. The van der Waals surface area contributed by atoms with E-state index in [1.165, 1.54) is 6.42 Å². The van der Waals surface area contributed by atoms with Crippen LogP contribution in [0.25, 0.3) is 0 Å². The topological polar surface area (TPSA) is 9.23 Å². The standard InChI is InChI=1S/C11H21BO/c1-5-9(4)11(6-2)7-8(3)10(12)13-11/h8-10H,5-7H2,1-4H3. The van der Waals surface area contributed by atoms with E-state index in [0.717, 1.165) is 12.8 Å². The molecule has 0 bridgehead atoms. The molecule has 0 aliphatic carbocycles. The number of hydrogen-bond acceptors (Lipinski definition) is 1. The van der Waals surface area contributed by atoms with Gasteiger partial charge >= 0.3 is 0 Å².